The van der Waals surface area contributed by atoms with Gasteiger partial charge in [-0.1, -0.05) is 17.3 Å². The molecule has 2 aliphatic heterocycles. The molecule has 2 heterocycles. The van der Waals surface area contributed by atoms with Crippen molar-refractivity contribution in [2.45, 2.75) is 27.7 Å². The van der Waals surface area contributed by atoms with Crippen molar-refractivity contribution in [3.8, 4) is 0 Å². The molecule has 2 aliphatic rings. The van der Waals surface area contributed by atoms with Gasteiger partial charge in [0.05, 0.1) is 5.70 Å². The fraction of sp³-hybridized carbons (Fsp3) is 0.600. The molecule has 0 aromatic carbocycles. The van der Waals surface area contributed by atoms with Crippen LogP contribution in [0.15, 0.2) is 22.8 Å². The van der Waals surface area contributed by atoms with Crippen molar-refractivity contribution in [1.29, 1.82) is 0 Å². The molecule has 6 nitrogen and oxygen atoms in total. The number of nitrogens with two attached hydrogens (primary N) is 1. The first-order valence-corrected chi connectivity index (χ1v) is 7.33. The number of thiol groups is 2. The third-order valence-electron chi connectivity index (χ3n) is 3.25. The Kier molecular flexibility index (Phi) is 8.63. The van der Waals surface area contributed by atoms with Crippen LogP contribution in [0.2, 0.25) is 0 Å². The van der Waals surface area contributed by atoms with E-state index in [4.69, 9.17) is 0 Å². The van der Waals surface area contributed by atoms with E-state index in [-0.39, 0.29) is 0 Å². The highest BCUT2D eigenvalue weighted by Gasteiger charge is 2.22. The average molecular weight is 378 g/mol. The maximum Gasteiger partial charge on any atom is 0.673 e. The third-order valence-corrected chi connectivity index (χ3v) is 4.00. The van der Waals surface area contributed by atoms with E-state index in [1.54, 1.807) is 9.05 Å². The number of nitrogens with one attached hydrogen (secondary N) is 1. The Morgan fingerprint density at radius 2 is 1.35 bits per heavy atom. The summed E-state index contributed by atoms with van der Waals surface area (Å²) in [6, 6.07) is 0. The highest BCUT2D eigenvalue weighted by molar-refractivity contribution is 7.77. The Labute approximate surface area is 145 Å². The second-order valence-corrected chi connectivity index (χ2v) is 5.66. The maximum atomic E-state index is 9.75. The lowest BCUT2D eigenvalue weighted by molar-refractivity contribution is -0.745. The van der Waals surface area contributed by atoms with Gasteiger partial charge in [-0.15, -0.1) is 0 Å². The van der Waals surface area contributed by atoms with E-state index in [0.29, 0.717) is 0 Å². The molecule has 0 unspecified atom stereocenters. The first-order valence-electron chi connectivity index (χ1n) is 6.53. The molecule has 0 atom stereocenters. The minimum atomic E-state index is -6.00. The normalized spacial score (nSPS) is 19.5. The van der Waals surface area contributed by atoms with Crippen LogP contribution in [0.5, 0.6) is 0 Å². The summed E-state index contributed by atoms with van der Waals surface area (Å²) in [5.74, 6) is 0. The molecule has 0 aromatic rings. The zero-order chi connectivity index (χ0) is 18.5. The Morgan fingerprint density at radius 1 is 0.913 bits per heavy atom. The van der Waals surface area contributed by atoms with E-state index in [1.807, 2.05) is 43.4 Å². The van der Waals surface area contributed by atoms with Gasteiger partial charge < -0.3 is 17.3 Å². The molecule has 0 radical (unpaired) electrons. The van der Waals surface area contributed by atoms with Gasteiger partial charge in [0.1, 0.15) is 5.70 Å². The zero-order valence-electron chi connectivity index (χ0n) is 13.8. The number of allylic oxidation sites excluding steroid dienone is 4. The fourth-order valence-corrected chi connectivity index (χ4v) is 2.04. The van der Waals surface area contributed by atoms with Gasteiger partial charge in [0.2, 0.25) is 0 Å². The van der Waals surface area contributed by atoms with Gasteiger partial charge in [0, 0.05) is 32.4 Å². The lowest BCUT2D eigenvalue weighted by Crippen LogP contribution is -2.87. The van der Waals surface area contributed by atoms with Crippen LogP contribution in [0.25, 0.3) is 0 Å². The summed E-state index contributed by atoms with van der Waals surface area (Å²) in [5, 5.41) is 3.91. The molecule has 0 aliphatic carbocycles. The summed E-state index contributed by atoms with van der Waals surface area (Å²) in [6.07, 6.45) is 0. The monoisotopic (exact) mass is 378 g/mol. The van der Waals surface area contributed by atoms with Crippen molar-refractivity contribution in [1.82, 2.24) is 24.5 Å². The number of hydrogen-bond donors (Lipinski definition) is 4. The number of quaternary nitrogens is 1. The Bertz CT molecular complexity index is 431. The van der Waals surface area contributed by atoms with Gasteiger partial charge >= 0.3 is 7.25 Å². The smallest absolute Gasteiger partial charge is 0.418 e. The summed E-state index contributed by atoms with van der Waals surface area (Å²) in [5.41, 5.74) is 9.87. The van der Waals surface area contributed by atoms with Crippen molar-refractivity contribution in [3.63, 3.8) is 0 Å². The molecule has 0 saturated carbocycles. The molecule has 3 N–H and O–H groups in total. The maximum absolute atomic E-state index is 9.75. The van der Waals surface area contributed by atoms with Gasteiger partial charge in [-0.25, -0.2) is 5.43 Å². The molecular formula is C10H23BF4N6S2. The highest BCUT2D eigenvalue weighted by Crippen LogP contribution is 2.16. The second-order valence-electron chi connectivity index (χ2n) is 4.87. The van der Waals surface area contributed by atoms with Crippen molar-refractivity contribution in [3.05, 3.63) is 22.8 Å². The van der Waals surface area contributed by atoms with E-state index in [0.717, 1.165) is 5.70 Å². The molecule has 0 aromatic heterocycles. The van der Waals surface area contributed by atoms with Crippen molar-refractivity contribution < 1.29 is 22.7 Å². The van der Waals surface area contributed by atoms with Crippen LogP contribution < -0.4 is 10.9 Å². The summed E-state index contributed by atoms with van der Waals surface area (Å²) in [6.45, 7) is 8.20. The summed E-state index contributed by atoms with van der Waals surface area (Å²) >= 11 is 8.28. The van der Waals surface area contributed by atoms with E-state index < -0.39 is 7.25 Å². The zero-order valence-corrected chi connectivity index (χ0v) is 15.6. The van der Waals surface area contributed by atoms with Crippen LogP contribution in [-0.4, -0.2) is 40.4 Å². The molecule has 0 spiro atoms. The number of hydrogen-bond acceptors (Lipinski definition) is 7. The van der Waals surface area contributed by atoms with E-state index >= 15 is 0 Å². The lowest BCUT2D eigenvalue weighted by Gasteiger charge is -2.19. The molecule has 0 bridgehead atoms. The summed E-state index contributed by atoms with van der Waals surface area (Å²) in [7, 11) is -2.07. The van der Waals surface area contributed by atoms with E-state index in [2.05, 4.69) is 44.9 Å². The highest BCUT2D eigenvalue weighted by atomic mass is 32.1. The Morgan fingerprint density at radius 3 is 1.43 bits per heavy atom. The fourth-order valence-electron chi connectivity index (χ4n) is 1.45. The predicted molar refractivity (Wildman–Crippen MR) is 89.2 cm³/mol. The van der Waals surface area contributed by atoms with Gasteiger partial charge in [0.25, 0.3) is 0 Å². The molecule has 136 valence electrons. The molecule has 0 saturated heterocycles. The van der Waals surface area contributed by atoms with E-state index in [9.17, 15) is 17.3 Å². The molecule has 13 heteroatoms. The summed E-state index contributed by atoms with van der Waals surface area (Å²) < 4.78 is 42.4. The van der Waals surface area contributed by atoms with Crippen LogP contribution in [0.4, 0.5) is 17.3 Å². The van der Waals surface area contributed by atoms with Gasteiger partial charge in [0.15, 0.2) is 0 Å². The van der Waals surface area contributed by atoms with Crippen LogP contribution >= 0.6 is 25.6 Å². The Balaban J connectivity index is 0.000000332. The largest absolute Gasteiger partial charge is 0.673 e. The van der Waals surface area contributed by atoms with Gasteiger partial charge in [-0.3, -0.25) is 15.4 Å². The van der Waals surface area contributed by atoms with Gasteiger partial charge in [-0.05, 0) is 38.1 Å². The predicted octanol–water partition coefficient (Wildman–Crippen LogP) is 1.77. The van der Waals surface area contributed by atoms with Crippen molar-refractivity contribution >= 4 is 32.9 Å². The van der Waals surface area contributed by atoms with Crippen molar-refractivity contribution in [2.75, 3.05) is 14.1 Å². The number of halogens is 4. The van der Waals surface area contributed by atoms with Crippen molar-refractivity contribution in [2.24, 2.45) is 0 Å². The number of nitrogens with zero attached hydrogens (tertiary/aromatic N) is 4. The topological polar surface area (TPSA) is 41.6 Å². The number of rotatable bonds is 0. The van der Waals surface area contributed by atoms with E-state index in [1.165, 1.54) is 17.1 Å². The lowest BCUT2D eigenvalue weighted by atomic mass is 10.3. The van der Waals surface area contributed by atoms with Crippen LogP contribution in [0.3, 0.4) is 0 Å². The number of hydrazine groups is 3. The third kappa shape index (κ3) is 8.06. The average Bonchev–Trinajstić information content (AvgIpc) is 2.74. The molecule has 23 heavy (non-hydrogen) atoms. The first-order chi connectivity index (χ1) is 10.3. The van der Waals surface area contributed by atoms with Crippen LogP contribution in [0, 0.1) is 0 Å². The second kappa shape index (κ2) is 8.92. The summed E-state index contributed by atoms with van der Waals surface area (Å²) in [4.78, 5) is 0. The molecule has 0 amide bonds. The van der Waals surface area contributed by atoms with Crippen LogP contribution in [0.1, 0.15) is 27.7 Å². The Hall–Kier alpha value is -0.755. The minimum absolute atomic E-state index is 1.15. The SMILES string of the molecule is CC1=C(C)N(C)N(S)N1.CC1=C(C)N(C)N(S)[NH2+]1.F[B-](F)(F)F. The standard InChI is InChI=1S/2C5H11N3S.BF4/c2*1-4-5(2)7(3)8(9)6-4;2-1(3,4)5/h2*6,9H,1-3H3;/q;;-1/p+1. The molecular weight excluding hydrogens is 355 g/mol. The molecule has 0 fully saturated rings. The van der Waals surface area contributed by atoms with Gasteiger partial charge in [-0.2, -0.15) is 0 Å². The quantitative estimate of drug-likeness (QED) is 0.224. The first kappa shape index (κ1) is 22.2. The van der Waals surface area contributed by atoms with Crippen LogP contribution in [-0.2, 0) is 0 Å². The molecule has 2 rings (SSSR count). The minimum Gasteiger partial charge on any atom is -0.418 e.